The van der Waals surface area contributed by atoms with Gasteiger partial charge < -0.3 is 15.4 Å². The van der Waals surface area contributed by atoms with Gasteiger partial charge in [-0.3, -0.25) is 9.59 Å². The first-order chi connectivity index (χ1) is 16.2. The van der Waals surface area contributed by atoms with E-state index in [1.165, 1.54) is 6.08 Å². The smallest absolute Gasteiger partial charge is 0.266 e. The molecule has 0 heterocycles. The second kappa shape index (κ2) is 11.4. The van der Waals surface area contributed by atoms with Crippen LogP contribution in [0.3, 0.4) is 0 Å². The Morgan fingerprint density at radius 1 is 0.971 bits per heavy atom. The third-order valence-corrected chi connectivity index (χ3v) is 5.24. The van der Waals surface area contributed by atoms with Crippen LogP contribution in [0.25, 0.3) is 6.08 Å². The van der Waals surface area contributed by atoms with Crippen molar-refractivity contribution in [3.05, 3.63) is 93.0 Å². The van der Waals surface area contributed by atoms with E-state index in [-0.39, 0.29) is 18.1 Å². The predicted octanol–water partition coefficient (Wildman–Crippen LogP) is 6.17. The molecule has 0 saturated heterocycles. The highest BCUT2D eigenvalue weighted by atomic mass is 35.5. The molecule has 0 spiro atoms. The zero-order valence-corrected chi connectivity index (χ0v) is 20.0. The molecule has 0 bridgehead atoms. The summed E-state index contributed by atoms with van der Waals surface area (Å²) in [4.78, 5) is 25.0. The van der Waals surface area contributed by atoms with Crippen molar-refractivity contribution in [3.63, 3.8) is 0 Å². The summed E-state index contributed by atoms with van der Waals surface area (Å²) in [5.74, 6) is -0.659. The van der Waals surface area contributed by atoms with E-state index in [4.69, 9.17) is 27.9 Å². The number of anilines is 2. The number of benzene rings is 3. The number of aryl methyl sites for hydroxylation is 2. The molecule has 3 rings (SSSR count). The van der Waals surface area contributed by atoms with E-state index >= 15 is 0 Å². The van der Waals surface area contributed by atoms with Crippen molar-refractivity contribution in [2.45, 2.75) is 13.8 Å². The van der Waals surface area contributed by atoms with Crippen molar-refractivity contribution < 1.29 is 14.3 Å². The van der Waals surface area contributed by atoms with Gasteiger partial charge >= 0.3 is 0 Å². The molecule has 0 saturated carbocycles. The summed E-state index contributed by atoms with van der Waals surface area (Å²) in [6.07, 6.45) is 1.36. The van der Waals surface area contributed by atoms with Crippen LogP contribution < -0.4 is 15.4 Å². The zero-order valence-electron chi connectivity index (χ0n) is 18.5. The standard InChI is InChI=1S/C26H21Cl2N3O3/c1-16-3-9-23(17(2)11-16)31-25(32)15-34-24-10-6-21(28)13-18(24)12-19(14-29)26(33)30-22-7-4-20(27)5-8-22/h3-13H,15H2,1-2H3,(H,30,33)(H,31,32)/b19-12-. The largest absolute Gasteiger partial charge is 0.483 e. The normalized spacial score (nSPS) is 10.9. The summed E-state index contributed by atoms with van der Waals surface area (Å²) in [5, 5.41) is 15.9. The summed E-state index contributed by atoms with van der Waals surface area (Å²) in [6, 6.07) is 18.8. The summed E-state index contributed by atoms with van der Waals surface area (Å²) in [7, 11) is 0. The van der Waals surface area contributed by atoms with Gasteiger partial charge in [-0.2, -0.15) is 5.26 Å². The van der Waals surface area contributed by atoms with Crippen molar-refractivity contribution in [2.75, 3.05) is 17.2 Å². The van der Waals surface area contributed by atoms with Crippen LogP contribution in [0.15, 0.2) is 66.2 Å². The van der Waals surface area contributed by atoms with Crippen LogP contribution in [0.2, 0.25) is 10.0 Å². The monoisotopic (exact) mass is 493 g/mol. The predicted molar refractivity (Wildman–Crippen MR) is 135 cm³/mol. The average Bonchev–Trinajstić information content (AvgIpc) is 2.80. The number of amides is 2. The van der Waals surface area contributed by atoms with Crippen LogP contribution in [0.4, 0.5) is 11.4 Å². The lowest BCUT2D eigenvalue weighted by atomic mass is 10.1. The Bertz CT molecular complexity index is 1300. The molecule has 3 aromatic carbocycles. The summed E-state index contributed by atoms with van der Waals surface area (Å²) < 4.78 is 5.68. The Balaban J connectivity index is 1.74. The van der Waals surface area contributed by atoms with E-state index in [2.05, 4.69) is 10.6 Å². The summed E-state index contributed by atoms with van der Waals surface area (Å²) in [5.41, 5.74) is 3.44. The number of nitrogens with zero attached hydrogens (tertiary/aromatic N) is 1. The highest BCUT2D eigenvalue weighted by molar-refractivity contribution is 6.31. The fourth-order valence-corrected chi connectivity index (χ4v) is 3.39. The lowest BCUT2D eigenvalue weighted by Gasteiger charge is -2.12. The summed E-state index contributed by atoms with van der Waals surface area (Å²) in [6.45, 7) is 3.61. The third-order valence-electron chi connectivity index (χ3n) is 4.75. The second-order valence-corrected chi connectivity index (χ2v) is 8.34. The Kier molecular flexibility index (Phi) is 8.31. The molecule has 0 aliphatic rings. The Hall–Kier alpha value is -3.79. The molecule has 2 amide bonds. The second-order valence-electron chi connectivity index (χ2n) is 7.47. The number of hydrogen-bond donors (Lipinski definition) is 2. The third kappa shape index (κ3) is 6.85. The van der Waals surface area contributed by atoms with Crippen molar-refractivity contribution in [1.29, 1.82) is 5.26 Å². The molecule has 8 heteroatoms. The maximum absolute atomic E-state index is 12.6. The number of nitriles is 1. The first-order valence-electron chi connectivity index (χ1n) is 10.2. The molecular weight excluding hydrogens is 473 g/mol. The quantitative estimate of drug-likeness (QED) is 0.304. The maximum atomic E-state index is 12.6. The summed E-state index contributed by atoms with van der Waals surface area (Å²) >= 11 is 12.0. The van der Waals surface area contributed by atoms with Crippen LogP contribution in [-0.2, 0) is 9.59 Å². The zero-order chi connectivity index (χ0) is 24.7. The number of rotatable bonds is 7. The molecule has 3 aromatic rings. The fourth-order valence-electron chi connectivity index (χ4n) is 3.08. The van der Waals surface area contributed by atoms with E-state index in [1.807, 2.05) is 38.1 Å². The lowest BCUT2D eigenvalue weighted by molar-refractivity contribution is -0.118. The number of carbonyl (C=O) groups is 2. The number of carbonyl (C=O) groups excluding carboxylic acids is 2. The van der Waals surface area contributed by atoms with E-state index in [9.17, 15) is 14.9 Å². The molecule has 0 aliphatic heterocycles. The molecule has 0 unspecified atom stereocenters. The Labute approximate surface area is 207 Å². The number of halogens is 2. The highest BCUT2D eigenvalue weighted by Crippen LogP contribution is 2.26. The van der Waals surface area contributed by atoms with Gasteiger partial charge in [-0.1, -0.05) is 40.9 Å². The van der Waals surface area contributed by atoms with Crippen LogP contribution in [0, 0.1) is 25.2 Å². The van der Waals surface area contributed by atoms with E-state index in [0.717, 1.165) is 11.1 Å². The van der Waals surface area contributed by atoms with Gasteiger partial charge in [0.25, 0.3) is 11.8 Å². The van der Waals surface area contributed by atoms with Crippen LogP contribution >= 0.6 is 23.2 Å². The molecule has 0 radical (unpaired) electrons. The van der Waals surface area contributed by atoms with Crippen LogP contribution in [0.5, 0.6) is 5.75 Å². The molecule has 2 N–H and O–H groups in total. The van der Waals surface area contributed by atoms with Crippen molar-refractivity contribution >= 4 is 52.5 Å². The van der Waals surface area contributed by atoms with Crippen molar-refractivity contribution in [2.24, 2.45) is 0 Å². The minimum absolute atomic E-state index is 0.165. The van der Waals surface area contributed by atoms with Gasteiger partial charge in [0.2, 0.25) is 0 Å². The van der Waals surface area contributed by atoms with E-state index < -0.39 is 5.91 Å². The Morgan fingerprint density at radius 2 is 1.68 bits per heavy atom. The minimum Gasteiger partial charge on any atom is -0.483 e. The molecule has 0 aliphatic carbocycles. The van der Waals surface area contributed by atoms with Crippen molar-refractivity contribution in [1.82, 2.24) is 0 Å². The molecule has 6 nitrogen and oxygen atoms in total. The van der Waals surface area contributed by atoms with Gasteiger partial charge in [0, 0.05) is 27.0 Å². The Morgan fingerprint density at radius 3 is 2.35 bits per heavy atom. The first-order valence-corrected chi connectivity index (χ1v) is 11.0. The highest BCUT2D eigenvalue weighted by Gasteiger charge is 2.13. The first kappa shape index (κ1) is 24.8. The molecule has 0 aromatic heterocycles. The SMILES string of the molecule is Cc1ccc(NC(=O)COc2ccc(Cl)cc2/C=C(/C#N)C(=O)Nc2ccc(Cl)cc2)c(C)c1. The number of nitrogens with one attached hydrogen (secondary N) is 2. The van der Waals surface area contributed by atoms with Gasteiger partial charge in [-0.05, 0) is 74.0 Å². The van der Waals surface area contributed by atoms with Crippen LogP contribution in [0.1, 0.15) is 16.7 Å². The maximum Gasteiger partial charge on any atom is 0.266 e. The number of ether oxygens (including phenoxy) is 1. The number of hydrogen-bond acceptors (Lipinski definition) is 4. The molecule has 0 fully saturated rings. The van der Waals surface area contributed by atoms with Gasteiger partial charge in [-0.25, -0.2) is 0 Å². The van der Waals surface area contributed by atoms with E-state index in [0.29, 0.717) is 32.7 Å². The molecule has 34 heavy (non-hydrogen) atoms. The fraction of sp³-hybridized carbons (Fsp3) is 0.115. The minimum atomic E-state index is -0.608. The lowest BCUT2D eigenvalue weighted by Crippen LogP contribution is -2.21. The van der Waals surface area contributed by atoms with Crippen molar-refractivity contribution in [3.8, 4) is 11.8 Å². The van der Waals surface area contributed by atoms with Gasteiger partial charge in [-0.15, -0.1) is 0 Å². The van der Waals surface area contributed by atoms with Gasteiger partial charge in [0.05, 0.1) is 0 Å². The van der Waals surface area contributed by atoms with Gasteiger partial charge in [0.15, 0.2) is 6.61 Å². The topological polar surface area (TPSA) is 91.2 Å². The van der Waals surface area contributed by atoms with Crippen LogP contribution in [-0.4, -0.2) is 18.4 Å². The van der Waals surface area contributed by atoms with E-state index in [1.54, 1.807) is 42.5 Å². The molecule has 0 atom stereocenters. The average molecular weight is 494 g/mol. The van der Waals surface area contributed by atoms with Gasteiger partial charge in [0.1, 0.15) is 17.4 Å². The molecule has 172 valence electrons. The molecular formula is C26H21Cl2N3O3.